The van der Waals surface area contributed by atoms with Crippen LogP contribution < -0.4 is 10.5 Å². The highest BCUT2D eigenvalue weighted by Gasteiger charge is 2.43. The van der Waals surface area contributed by atoms with Crippen LogP contribution in [0.4, 0.5) is 0 Å². The molecule has 3 N–H and O–H groups in total. The maximum absolute atomic E-state index is 12.5. The Labute approximate surface area is 139 Å². The first-order chi connectivity index (χ1) is 10.9. The average Bonchev–Trinajstić information content (AvgIpc) is 3.16. The van der Waals surface area contributed by atoms with Crippen LogP contribution in [0.1, 0.15) is 56.2 Å². The molecule has 0 amide bonds. The predicted octanol–water partition coefficient (Wildman–Crippen LogP) is 2.13. The highest BCUT2D eigenvalue weighted by molar-refractivity contribution is 7.87. The molecule has 1 aliphatic carbocycles. The number of rotatable bonds is 6. The second kappa shape index (κ2) is 6.51. The largest absolute Gasteiger partial charge is 0.323 e. The number of hydrogen-bond donors (Lipinski definition) is 2. The fourth-order valence-electron chi connectivity index (χ4n) is 3.70. The topological polar surface area (TPSA) is 75.4 Å². The normalized spacial score (nSPS) is 26.1. The first-order valence-electron chi connectivity index (χ1n) is 8.48. The van der Waals surface area contributed by atoms with Gasteiger partial charge in [0.25, 0.3) is 10.2 Å². The molecule has 1 heterocycles. The van der Waals surface area contributed by atoms with E-state index in [1.165, 1.54) is 12.0 Å². The van der Waals surface area contributed by atoms with Crippen molar-refractivity contribution in [1.82, 2.24) is 9.03 Å². The summed E-state index contributed by atoms with van der Waals surface area (Å²) in [5, 5.41) is 0. The van der Waals surface area contributed by atoms with Crippen molar-refractivity contribution >= 4 is 10.2 Å². The second-order valence-electron chi connectivity index (χ2n) is 7.18. The van der Waals surface area contributed by atoms with Crippen LogP contribution in [-0.4, -0.2) is 31.9 Å². The van der Waals surface area contributed by atoms with Gasteiger partial charge in [0.2, 0.25) is 0 Å². The van der Waals surface area contributed by atoms with Gasteiger partial charge in [-0.1, -0.05) is 38.1 Å². The summed E-state index contributed by atoms with van der Waals surface area (Å²) < 4.78 is 29.3. The minimum Gasteiger partial charge on any atom is -0.323 e. The molecule has 23 heavy (non-hydrogen) atoms. The van der Waals surface area contributed by atoms with Crippen LogP contribution >= 0.6 is 0 Å². The lowest BCUT2D eigenvalue weighted by Crippen LogP contribution is -2.46. The highest BCUT2D eigenvalue weighted by Crippen LogP contribution is 2.38. The lowest BCUT2D eigenvalue weighted by Gasteiger charge is -2.27. The Hall–Kier alpha value is -0.950. The van der Waals surface area contributed by atoms with Crippen molar-refractivity contribution in [1.29, 1.82) is 0 Å². The molecule has 2 bridgehead atoms. The van der Waals surface area contributed by atoms with Crippen LogP contribution in [0.15, 0.2) is 24.3 Å². The Morgan fingerprint density at radius 1 is 1.22 bits per heavy atom. The molecule has 1 saturated carbocycles. The maximum Gasteiger partial charge on any atom is 0.279 e. The van der Waals surface area contributed by atoms with Gasteiger partial charge in [-0.05, 0) is 42.2 Å². The van der Waals surface area contributed by atoms with Crippen molar-refractivity contribution in [2.24, 2.45) is 11.7 Å². The summed E-state index contributed by atoms with van der Waals surface area (Å²) >= 11 is 0. The zero-order valence-electron chi connectivity index (χ0n) is 13.9. The Morgan fingerprint density at radius 3 is 2.39 bits per heavy atom. The van der Waals surface area contributed by atoms with Gasteiger partial charge < -0.3 is 5.73 Å². The molecule has 1 aliphatic heterocycles. The van der Waals surface area contributed by atoms with E-state index < -0.39 is 10.2 Å². The van der Waals surface area contributed by atoms with E-state index in [2.05, 4.69) is 30.7 Å². The van der Waals surface area contributed by atoms with E-state index in [4.69, 9.17) is 5.73 Å². The van der Waals surface area contributed by atoms with Crippen molar-refractivity contribution < 1.29 is 8.42 Å². The third-order valence-electron chi connectivity index (χ3n) is 5.18. The van der Waals surface area contributed by atoms with Crippen molar-refractivity contribution in [2.45, 2.75) is 51.1 Å². The molecule has 0 radical (unpaired) electrons. The second-order valence-corrected chi connectivity index (χ2v) is 8.89. The zero-order valence-corrected chi connectivity index (χ0v) is 14.7. The van der Waals surface area contributed by atoms with Crippen molar-refractivity contribution in [2.75, 3.05) is 13.1 Å². The van der Waals surface area contributed by atoms with Crippen LogP contribution in [0.2, 0.25) is 0 Å². The van der Waals surface area contributed by atoms with Crippen molar-refractivity contribution in [3.05, 3.63) is 35.4 Å². The molecule has 3 unspecified atom stereocenters. The van der Waals surface area contributed by atoms with E-state index in [0.717, 1.165) is 18.4 Å². The molecular formula is C17H27N3O2S. The van der Waals surface area contributed by atoms with Gasteiger partial charge >= 0.3 is 0 Å². The van der Waals surface area contributed by atoms with E-state index in [1.807, 2.05) is 12.1 Å². The van der Waals surface area contributed by atoms with Crippen LogP contribution in [-0.2, 0) is 10.2 Å². The Morgan fingerprint density at radius 2 is 1.87 bits per heavy atom. The molecule has 3 rings (SSSR count). The van der Waals surface area contributed by atoms with Crippen LogP contribution in [0.3, 0.4) is 0 Å². The molecule has 5 nitrogen and oxygen atoms in total. The maximum atomic E-state index is 12.5. The van der Waals surface area contributed by atoms with E-state index in [0.29, 0.717) is 18.4 Å². The highest BCUT2D eigenvalue weighted by atomic mass is 32.2. The monoisotopic (exact) mass is 337 g/mol. The van der Waals surface area contributed by atoms with Gasteiger partial charge in [-0.2, -0.15) is 12.7 Å². The molecule has 1 aromatic carbocycles. The Kier molecular flexibility index (Phi) is 4.78. The standard InChI is InChI=1S/C17H27N3O2S/c1-12(2)14-4-6-15(7-5-14)17(18)10-19-23(21,22)20-11-13-3-8-16(20)9-13/h4-7,12-13,16-17,19H,3,8-11,18H2,1-2H3. The molecule has 1 aromatic rings. The molecule has 2 fully saturated rings. The van der Waals surface area contributed by atoms with Gasteiger partial charge in [-0.15, -0.1) is 0 Å². The van der Waals surface area contributed by atoms with Crippen LogP contribution in [0.5, 0.6) is 0 Å². The van der Waals surface area contributed by atoms with Gasteiger partial charge in [0.15, 0.2) is 0 Å². The van der Waals surface area contributed by atoms with Crippen molar-refractivity contribution in [3.8, 4) is 0 Å². The quantitative estimate of drug-likeness (QED) is 0.835. The number of nitrogens with zero attached hydrogens (tertiary/aromatic N) is 1. The zero-order chi connectivity index (χ0) is 16.6. The van der Waals surface area contributed by atoms with E-state index in [9.17, 15) is 8.42 Å². The SMILES string of the molecule is CC(C)c1ccc(C(N)CNS(=O)(=O)N2CC3CCC2C3)cc1. The lowest BCUT2D eigenvalue weighted by molar-refractivity contribution is 0.328. The fourth-order valence-corrected chi connectivity index (χ4v) is 5.24. The molecule has 1 saturated heterocycles. The first-order valence-corrected chi connectivity index (χ1v) is 9.92. The summed E-state index contributed by atoms with van der Waals surface area (Å²) in [7, 11) is -3.41. The minimum atomic E-state index is -3.41. The van der Waals surface area contributed by atoms with Gasteiger partial charge in [-0.25, -0.2) is 4.72 Å². The van der Waals surface area contributed by atoms with Gasteiger partial charge in [-0.3, -0.25) is 0 Å². The first kappa shape index (κ1) is 16.9. The number of fused-ring (bicyclic) bond motifs is 2. The summed E-state index contributed by atoms with van der Waals surface area (Å²) in [6, 6.07) is 7.98. The molecule has 0 spiro atoms. The Balaban J connectivity index is 1.58. The van der Waals surface area contributed by atoms with E-state index in [-0.39, 0.29) is 18.6 Å². The van der Waals surface area contributed by atoms with E-state index in [1.54, 1.807) is 4.31 Å². The smallest absolute Gasteiger partial charge is 0.279 e. The lowest BCUT2D eigenvalue weighted by atomic mass is 9.99. The summed E-state index contributed by atoms with van der Waals surface area (Å²) in [4.78, 5) is 0. The number of benzene rings is 1. The van der Waals surface area contributed by atoms with E-state index >= 15 is 0 Å². The molecular weight excluding hydrogens is 310 g/mol. The predicted molar refractivity (Wildman–Crippen MR) is 92.2 cm³/mol. The Bertz CT molecular complexity index is 642. The number of piperidine rings is 1. The van der Waals surface area contributed by atoms with Gasteiger partial charge in [0.05, 0.1) is 0 Å². The number of nitrogens with one attached hydrogen (secondary N) is 1. The number of nitrogens with two attached hydrogens (primary N) is 1. The molecule has 6 heteroatoms. The number of hydrogen-bond acceptors (Lipinski definition) is 3. The molecule has 128 valence electrons. The van der Waals surface area contributed by atoms with Crippen molar-refractivity contribution in [3.63, 3.8) is 0 Å². The summed E-state index contributed by atoms with van der Waals surface area (Å²) in [6.45, 7) is 5.19. The molecule has 3 atom stereocenters. The minimum absolute atomic E-state index is 0.194. The third kappa shape index (κ3) is 3.60. The van der Waals surface area contributed by atoms with Gasteiger partial charge in [0.1, 0.15) is 0 Å². The van der Waals surface area contributed by atoms with Crippen LogP contribution in [0.25, 0.3) is 0 Å². The average molecular weight is 337 g/mol. The third-order valence-corrected chi connectivity index (χ3v) is 6.78. The molecule has 2 aliphatic rings. The molecule has 0 aromatic heterocycles. The summed E-state index contributed by atoms with van der Waals surface area (Å²) in [5.41, 5.74) is 8.37. The van der Waals surface area contributed by atoms with Crippen LogP contribution in [0, 0.1) is 5.92 Å². The van der Waals surface area contributed by atoms with Gasteiger partial charge in [0, 0.05) is 25.2 Å². The fraction of sp³-hybridized carbons (Fsp3) is 0.647. The summed E-state index contributed by atoms with van der Waals surface area (Å²) in [5.74, 6) is 1.03. The summed E-state index contributed by atoms with van der Waals surface area (Å²) in [6.07, 6.45) is 3.18.